The number of nitrogens with zero attached hydrogens (tertiary/aromatic N) is 3. The van der Waals surface area contributed by atoms with Gasteiger partial charge in [0.2, 0.25) is 5.91 Å². The Labute approximate surface area is 141 Å². The minimum absolute atomic E-state index is 0.109. The highest BCUT2D eigenvalue weighted by Gasteiger charge is 2.45. The number of aliphatic hydroxyl groups excluding tert-OH is 1. The van der Waals surface area contributed by atoms with Gasteiger partial charge in [-0.25, -0.2) is 0 Å². The van der Waals surface area contributed by atoms with Crippen LogP contribution in [0.1, 0.15) is 48.9 Å². The van der Waals surface area contributed by atoms with E-state index in [-0.39, 0.29) is 18.0 Å². The van der Waals surface area contributed by atoms with Crippen LogP contribution in [0.5, 0.6) is 0 Å². The molecule has 2 aromatic rings. The lowest BCUT2D eigenvalue weighted by Gasteiger charge is -2.43. The van der Waals surface area contributed by atoms with Crippen LogP contribution in [0.2, 0.25) is 0 Å². The first-order valence-electron chi connectivity index (χ1n) is 8.15. The molecule has 1 aliphatic rings. The third-order valence-corrected chi connectivity index (χ3v) is 4.88. The molecule has 3 atom stereocenters. The van der Waals surface area contributed by atoms with Crippen molar-refractivity contribution in [3.8, 4) is 0 Å². The normalized spacial score (nSPS) is 23.8. The van der Waals surface area contributed by atoms with E-state index < -0.39 is 11.5 Å². The zero-order valence-corrected chi connectivity index (χ0v) is 14.7. The SMILES string of the molecule is Cc1cnn([C@H]2[C@H](O)C[C@@H]2NC(=O)C(C)(C)c2c(C)noc2C)c1. The van der Waals surface area contributed by atoms with E-state index in [0.717, 1.165) is 16.8 Å². The van der Waals surface area contributed by atoms with Gasteiger partial charge in [0.25, 0.3) is 0 Å². The van der Waals surface area contributed by atoms with Crippen molar-refractivity contribution in [2.24, 2.45) is 0 Å². The van der Waals surface area contributed by atoms with E-state index in [4.69, 9.17) is 4.52 Å². The van der Waals surface area contributed by atoms with E-state index in [1.54, 1.807) is 10.9 Å². The number of aliphatic hydroxyl groups is 1. The van der Waals surface area contributed by atoms with Crippen LogP contribution in [-0.4, -0.2) is 38.1 Å². The van der Waals surface area contributed by atoms with Gasteiger partial charge in [-0.3, -0.25) is 9.48 Å². The minimum atomic E-state index is -0.765. The Morgan fingerprint density at radius 2 is 2.12 bits per heavy atom. The topological polar surface area (TPSA) is 93.2 Å². The maximum absolute atomic E-state index is 12.9. The molecule has 0 unspecified atom stereocenters. The third-order valence-electron chi connectivity index (χ3n) is 4.88. The molecule has 0 bridgehead atoms. The average molecular weight is 332 g/mol. The second-order valence-corrected chi connectivity index (χ2v) is 7.20. The molecule has 130 valence electrons. The summed E-state index contributed by atoms with van der Waals surface area (Å²) in [5.41, 5.74) is 1.79. The summed E-state index contributed by atoms with van der Waals surface area (Å²) in [5.74, 6) is 0.545. The monoisotopic (exact) mass is 332 g/mol. The van der Waals surface area contributed by atoms with Crippen LogP contribution in [0.4, 0.5) is 0 Å². The van der Waals surface area contributed by atoms with Gasteiger partial charge in [-0.05, 0) is 46.6 Å². The van der Waals surface area contributed by atoms with Crippen LogP contribution in [0, 0.1) is 20.8 Å². The lowest BCUT2D eigenvalue weighted by molar-refractivity contribution is -0.129. The van der Waals surface area contributed by atoms with Crippen molar-refractivity contribution in [1.29, 1.82) is 0 Å². The van der Waals surface area contributed by atoms with Crippen molar-refractivity contribution in [1.82, 2.24) is 20.3 Å². The molecule has 1 amide bonds. The second-order valence-electron chi connectivity index (χ2n) is 7.20. The summed E-state index contributed by atoms with van der Waals surface area (Å²) >= 11 is 0. The number of aryl methyl sites for hydroxylation is 3. The van der Waals surface area contributed by atoms with E-state index in [9.17, 15) is 9.90 Å². The van der Waals surface area contributed by atoms with Crippen LogP contribution in [-0.2, 0) is 10.2 Å². The lowest BCUT2D eigenvalue weighted by Crippen LogP contribution is -2.58. The molecule has 0 aromatic carbocycles. The van der Waals surface area contributed by atoms with Gasteiger partial charge in [-0.15, -0.1) is 0 Å². The maximum atomic E-state index is 12.9. The molecule has 1 fully saturated rings. The smallest absolute Gasteiger partial charge is 0.230 e. The van der Waals surface area contributed by atoms with Crippen LogP contribution >= 0.6 is 0 Å². The van der Waals surface area contributed by atoms with Gasteiger partial charge in [0, 0.05) is 11.8 Å². The first-order chi connectivity index (χ1) is 11.2. The van der Waals surface area contributed by atoms with Crippen molar-refractivity contribution < 1.29 is 14.4 Å². The zero-order chi connectivity index (χ0) is 17.6. The van der Waals surface area contributed by atoms with Gasteiger partial charge >= 0.3 is 0 Å². The van der Waals surface area contributed by atoms with Crippen molar-refractivity contribution >= 4 is 5.91 Å². The summed E-state index contributed by atoms with van der Waals surface area (Å²) in [4.78, 5) is 12.9. The predicted molar refractivity (Wildman–Crippen MR) is 87.6 cm³/mol. The number of carbonyl (C=O) groups excluding carboxylic acids is 1. The quantitative estimate of drug-likeness (QED) is 0.886. The van der Waals surface area contributed by atoms with Crippen molar-refractivity contribution in [3.63, 3.8) is 0 Å². The van der Waals surface area contributed by atoms with E-state index in [1.165, 1.54) is 0 Å². The van der Waals surface area contributed by atoms with Gasteiger partial charge < -0.3 is 14.9 Å². The van der Waals surface area contributed by atoms with Crippen molar-refractivity contribution in [3.05, 3.63) is 35.0 Å². The fourth-order valence-corrected chi connectivity index (χ4v) is 3.55. The van der Waals surface area contributed by atoms with Gasteiger partial charge in [0.1, 0.15) is 5.76 Å². The van der Waals surface area contributed by atoms with Crippen molar-refractivity contribution in [2.45, 2.75) is 64.6 Å². The number of amides is 1. The summed E-state index contributed by atoms with van der Waals surface area (Å²) in [5, 5.41) is 21.4. The molecule has 2 aromatic heterocycles. The first kappa shape index (κ1) is 16.7. The molecule has 2 N–H and O–H groups in total. The Morgan fingerprint density at radius 3 is 2.62 bits per heavy atom. The Morgan fingerprint density at radius 1 is 1.42 bits per heavy atom. The summed E-state index contributed by atoms with van der Waals surface area (Å²) in [7, 11) is 0. The van der Waals surface area contributed by atoms with Crippen LogP contribution in [0.15, 0.2) is 16.9 Å². The van der Waals surface area contributed by atoms with Crippen LogP contribution in [0.3, 0.4) is 0 Å². The number of nitrogens with one attached hydrogen (secondary N) is 1. The minimum Gasteiger partial charge on any atom is -0.391 e. The molecule has 1 aliphatic carbocycles. The maximum Gasteiger partial charge on any atom is 0.230 e. The molecule has 7 heteroatoms. The third kappa shape index (κ3) is 2.62. The fourth-order valence-electron chi connectivity index (χ4n) is 3.55. The largest absolute Gasteiger partial charge is 0.391 e. The summed E-state index contributed by atoms with van der Waals surface area (Å²) < 4.78 is 6.94. The number of hydrogen-bond donors (Lipinski definition) is 2. The molecule has 0 aliphatic heterocycles. The van der Waals surface area contributed by atoms with Crippen LogP contribution < -0.4 is 5.32 Å². The molecule has 24 heavy (non-hydrogen) atoms. The molecule has 0 radical (unpaired) electrons. The molecule has 3 rings (SSSR count). The number of aromatic nitrogens is 3. The van der Waals surface area contributed by atoms with Gasteiger partial charge in [0.15, 0.2) is 0 Å². The molecular formula is C17H24N4O3. The standard InChI is InChI=1S/C17H24N4O3/c1-9-7-18-21(8-9)15-12(6-13(15)22)19-16(23)17(4,5)14-10(2)20-24-11(14)3/h7-8,12-13,15,22H,6H2,1-5H3,(H,19,23)/t12-,13+,15+/m0/s1. The van der Waals surface area contributed by atoms with Crippen molar-refractivity contribution in [2.75, 3.05) is 0 Å². The number of hydrogen-bond acceptors (Lipinski definition) is 5. The molecule has 0 spiro atoms. The summed E-state index contributed by atoms with van der Waals surface area (Å²) in [6.45, 7) is 9.31. The highest BCUT2D eigenvalue weighted by molar-refractivity contribution is 5.88. The predicted octanol–water partition coefficient (Wildman–Crippen LogP) is 1.56. The van der Waals surface area contributed by atoms with E-state index in [2.05, 4.69) is 15.6 Å². The molecule has 0 saturated heterocycles. The highest BCUT2D eigenvalue weighted by Crippen LogP contribution is 2.35. The average Bonchev–Trinajstić information content (AvgIpc) is 3.04. The fraction of sp³-hybridized carbons (Fsp3) is 0.588. The summed E-state index contributed by atoms with van der Waals surface area (Å²) in [6, 6.07) is -0.380. The zero-order valence-electron chi connectivity index (χ0n) is 14.7. The van der Waals surface area contributed by atoms with Gasteiger partial charge in [0.05, 0.1) is 35.5 Å². The van der Waals surface area contributed by atoms with E-state index >= 15 is 0 Å². The van der Waals surface area contributed by atoms with E-state index in [0.29, 0.717) is 12.2 Å². The Bertz CT molecular complexity index is 742. The Balaban J connectivity index is 1.77. The Hall–Kier alpha value is -2.15. The van der Waals surface area contributed by atoms with E-state index in [1.807, 2.05) is 40.8 Å². The summed E-state index contributed by atoms with van der Waals surface area (Å²) in [6.07, 6.45) is 3.65. The molecule has 7 nitrogen and oxygen atoms in total. The molecular weight excluding hydrogens is 308 g/mol. The number of rotatable bonds is 4. The highest BCUT2D eigenvalue weighted by atomic mass is 16.5. The molecule has 2 heterocycles. The Kier molecular flexibility index (Phi) is 3.99. The first-order valence-corrected chi connectivity index (χ1v) is 8.15. The van der Waals surface area contributed by atoms with Gasteiger partial charge in [-0.1, -0.05) is 5.16 Å². The van der Waals surface area contributed by atoms with Gasteiger partial charge in [-0.2, -0.15) is 5.10 Å². The number of carbonyl (C=O) groups is 1. The van der Waals surface area contributed by atoms with Crippen LogP contribution in [0.25, 0.3) is 0 Å². The lowest BCUT2D eigenvalue weighted by atomic mass is 9.79. The second kappa shape index (κ2) is 5.73. The molecule has 1 saturated carbocycles.